The summed E-state index contributed by atoms with van der Waals surface area (Å²) in [5, 5.41) is 2.22. The third-order valence-corrected chi connectivity index (χ3v) is 3.45. The molecular formula is C12H16F2N2OS. The van der Waals surface area contributed by atoms with Crippen molar-refractivity contribution in [3.05, 3.63) is 29.8 Å². The van der Waals surface area contributed by atoms with E-state index in [0.29, 0.717) is 5.75 Å². The first-order valence-corrected chi connectivity index (χ1v) is 6.77. The fourth-order valence-electron chi connectivity index (χ4n) is 1.21. The molecule has 3 nitrogen and oxygen atoms in total. The van der Waals surface area contributed by atoms with Crippen LogP contribution in [0.5, 0.6) is 0 Å². The number of thioether (sulfide) groups is 1. The maximum Gasteiger partial charge on any atom is 0.234 e. The van der Waals surface area contributed by atoms with E-state index in [4.69, 9.17) is 5.73 Å². The molecule has 0 radical (unpaired) electrons. The van der Waals surface area contributed by atoms with Gasteiger partial charge in [0.25, 0.3) is 0 Å². The summed E-state index contributed by atoms with van der Waals surface area (Å²) in [6.45, 7) is 1.96. The molecule has 0 heterocycles. The first kappa shape index (κ1) is 14.9. The van der Waals surface area contributed by atoms with Crippen molar-refractivity contribution in [3.8, 4) is 0 Å². The van der Waals surface area contributed by atoms with Gasteiger partial charge in [0.2, 0.25) is 5.91 Å². The fraction of sp³-hybridized carbons (Fsp3) is 0.417. The summed E-state index contributed by atoms with van der Waals surface area (Å²) in [6.07, 6.45) is 0.830. The smallest absolute Gasteiger partial charge is 0.234 e. The average molecular weight is 274 g/mol. The van der Waals surface area contributed by atoms with Crippen molar-refractivity contribution in [1.29, 1.82) is 0 Å². The van der Waals surface area contributed by atoms with Crippen LogP contribution in [0.2, 0.25) is 0 Å². The minimum Gasteiger partial charge on any atom is -0.327 e. The van der Waals surface area contributed by atoms with E-state index in [-0.39, 0.29) is 11.8 Å². The molecule has 0 aromatic heterocycles. The molecule has 0 spiro atoms. The number of para-hydroxylation sites is 1. The van der Waals surface area contributed by atoms with Gasteiger partial charge in [0, 0.05) is 11.8 Å². The SMILES string of the molecule is CCC(N)CSCC(=O)Nc1c(F)cccc1F. The molecule has 0 fully saturated rings. The second kappa shape index (κ2) is 7.33. The van der Waals surface area contributed by atoms with Gasteiger partial charge >= 0.3 is 0 Å². The zero-order chi connectivity index (χ0) is 13.5. The van der Waals surface area contributed by atoms with E-state index in [0.717, 1.165) is 18.6 Å². The standard InChI is InChI=1S/C12H16F2N2OS/c1-2-8(15)6-18-7-11(17)16-12-9(13)4-3-5-10(12)14/h3-5,8H,2,6-7,15H2,1H3,(H,16,17). The van der Waals surface area contributed by atoms with Gasteiger partial charge < -0.3 is 11.1 Å². The van der Waals surface area contributed by atoms with Gasteiger partial charge in [-0.2, -0.15) is 11.8 Å². The Hall–Kier alpha value is -1.14. The maximum atomic E-state index is 13.2. The highest BCUT2D eigenvalue weighted by Gasteiger charge is 2.12. The fourth-order valence-corrected chi connectivity index (χ4v) is 2.13. The molecule has 1 aromatic carbocycles. The number of anilines is 1. The number of carbonyl (C=O) groups is 1. The van der Waals surface area contributed by atoms with Crippen molar-refractivity contribution in [2.24, 2.45) is 5.73 Å². The molecule has 1 atom stereocenters. The number of nitrogens with one attached hydrogen (secondary N) is 1. The zero-order valence-electron chi connectivity index (χ0n) is 10.1. The van der Waals surface area contributed by atoms with Crippen molar-refractivity contribution >= 4 is 23.4 Å². The summed E-state index contributed by atoms with van der Waals surface area (Å²) in [5.74, 6) is -1.23. The third kappa shape index (κ3) is 4.62. The zero-order valence-corrected chi connectivity index (χ0v) is 10.9. The Labute approximate surface area is 109 Å². The normalized spacial score (nSPS) is 12.2. The minimum absolute atomic E-state index is 0.0352. The van der Waals surface area contributed by atoms with E-state index >= 15 is 0 Å². The van der Waals surface area contributed by atoms with E-state index < -0.39 is 23.2 Å². The van der Waals surface area contributed by atoms with E-state index in [2.05, 4.69) is 5.32 Å². The van der Waals surface area contributed by atoms with Gasteiger partial charge in [0.1, 0.15) is 17.3 Å². The van der Waals surface area contributed by atoms with E-state index in [1.54, 1.807) is 0 Å². The van der Waals surface area contributed by atoms with Crippen LogP contribution in [0.15, 0.2) is 18.2 Å². The Balaban J connectivity index is 2.45. The molecular weight excluding hydrogens is 258 g/mol. The first-order valence-electron chi connectivity index (χ1n) is 5.61. The summed E-state index contributed by atoms with van der Waals surface area (Å²) >= 11 is 1.34. The van der Waals surface area contributed by atoms with Gasteiger partial charge in [-0.1, -0.05) is 13.0 Å². The van der Waals surface area contributed by atoms with Crippen LogP contribution in [-0.2, 0) is 4.79 Å². The van der Waals surface area contributed by atoms with Crippen LogP contribution in [0, 0.1) is 11.6 Å². The number of carbonyl (C=O) groups excluding carboxylic acids is 1. The molecule has 0 aliphatic heterocycles. The third-order valence-electron chi connectivity index (χ3n) is 2.32. The molecule has 0 bridgehead atoms. The Morgan fingerprint density at radius 2 is 2.06 bits per heavy atom. The molecule has 100 valence electrons. The lowest BCUT2D eigenvalue weighted by Crippen LogP contribution is -2.23. The summed E-state index contributed by atoms with van der Waals surface area (Å²) in [6, 6.07) is 3.47. The number of nitrogens with two attached hydrogens (primary N) is 1. The number of hydrogen-bond acceptors (Lipinski definition) is 3. The van der Waals surface area contributed by atoms with Crippen LogP contribution in [0.3, 0.4) is 0 Å². The average Bonchev–Trinajstić information content (AvgIpc) is 2.34. The van der Waals surface area contributed by atoms with Crippen LogP contribution in [0.1, 0.15) is 13.3 Å². The Kier molecular flexibility index (Phi) is 6.07. The van der Waals surface area contributed by atoms with E-state index in [1.807, 2.05) is 6.92 Å². The summed E-state index contributed by atoms with van der Waals surface area (Å²) in [5.41, 5.74) is 5.29. The largest absolute Gasteiger partial charge is 0.327 e. The summed E-state index contributed by atoms with van der Waals surface area (Å²) in [7, 11) is 0. The lowest BCUT2D eigenvalue weighted by molar-refractivity contribution is -0.113. The predicted octanol–water partition coefficient (Wildman–Crippen LogP) is 2.37. The molecule has 0 saturated heterocycles. The highest BCUT2D eigenvalue weighted by Crippen LogP contribution is 2.18. The van der Waals surface area contributed by atoms with Crippen LogP contribution < -0.4 is 11.1 Å². The van der Waals surface area contributed by atoms with Crippen molar-refractivity contribution in [2.75, 3.05) is 16.8 Å². The highest BCUT2D eigenvalue weighted by molar-refractivity contribution is 8.00. The summed E-state index contributed by atoms with van der Waals surface area (Å²) in [4.78, 5) is 11.5. The first-order chi connectivity index (χ1) is 8.54. The van der Waals surface area contributed by atoms with Gasteiger partial charge in [-0.05, 0) is 18.6 Å². The molecule has 1 aromatic rings. The number of rotatable bonds is 6. The van der Waals surface area contributed by atoms with E-state index in [1.165, 1.54) is 17.8 Å². The Bertz CT molecular complexity index is 395. The Morgan fingerprint density at radius 1 is 1.44 bits per heavy atom. The molecule has 1 amide bonds. The number of hydrogen-bond donors (Lipinski definition) is 2. The van der Waals surface area contributed by atoms with Crippen LogP contribution in [-0.4, -0.2) is 23.5 Å². The van der Waals surface area contributed by atoms with E-state index in [9.17, 15) is 13.6 Å². The van der Waals surface area contributed by atoms with Gasteiger partial charge in [-0.25, -0.2) is 8.78 Å². The molecule has 1 unspecified atom stereocenters. The van der Waals surface area contributed by atoms with Crippen molar-refractivity contribution in [2.45, 2.75) is 19.4 Å². The molecule has 18 heavy (non-hydrogen) atoms. The lowest BCUT2D eigenvalue weighted by Gasteiger charge is -2.09. The second-order valence-electron chi connectivity index (χ2n) is 3.83. The molecule has 3 N–H and O–H groups in total. The van der Waals surface area contributed by atoms with Crippen LogP contribution >= 0.6 is 11.8 Å². The van der Waals surface area contributed by atoms with Crippen LogP contribution in [0.25, 0.3) is 0 Å². The second-order valence-corrected chi connectivity index (χ2v) is 4.86. The lowest BCUT2D eigenvalue weighted by atomic mass is 10.3. The molecule has 1 rings (SSSR count). The highest BCUT2D eigenvalue weighted by atomic mass is 32.2. The van der Waals surface area contributed by atoms with Gasteiger partial charge in [0.15, 0.2) is 0 Å². The maximum absolute atomic E-state index is 13.2. The molecule has 0 saturated carbocycles. The number of benzene rings is 1. The topological polar surface area (TPSA) is 55.1 Å². The minimum atomic E-state index is -0.779. The number of halogens is 2. The quantitative estimate of drug-likeness (QED) is 0.837. The number of amides is 1. The van der Waals surface area contributed by atoms with Gasteiger partial charge in [-0.15, -0.1) is 0 Å². The monoisotopic (exact) mass is 274 g/mol. The van der Waals surface area contributed by atoms with Crippen molar-refractivity contribution in [1.82, 2.24) is 0 Å². The predicted molar refractivity (Wildman–Crippen MR) is 70.6 cm³/mol. The van der Waals surface area contributed by atoms with Crippen molar-refractivity contribution < 1.29 is 13.6 Å². The molecule has 0 aliphatic carbocycles. The summed E-state index contributed by atoms with van der Waals surface area (Å²) < 4.78 is 26.5. The Morgan fingerprint density at radius 3 is 2.61 bits per heavy atom. The van der Waals surface area contributed by atoms with Gasteiger partial charge in [-0.3, -0.25) is 4.79 Å². The van der Waals surface area contributed by atoms with Crippen molar-refractivity contribution in [3.63, 3.8) is 0 Å². The molecule has 6 heteroatoms. The molecule has 0 aliphatic rings. The van der Waals surface area contributed by atoms with Crippen LogP contribution in [0.4, 0.5) is 14.5 Å². The van der Waals surface area contributed by atoms with Gasteiger partial charge in [0.05, 0.1) is 5.75 Å².